The van der Waals surface area contributed by atoms with Crippen molar-refractivity contribution in [2.24, 2.45) is 11.7 Å². The summed E-state index contributed by atoms with van der Waals surface area (Å²) in [5.41, 5.74) is 5.78. The minimum atomic E-state index is -1.35. The SMILES string of the molecule is CC(C)CC(NC(=O)C(Cc1ccc(O)cc1)NC(=O)C1CCCN1)C(=O)NC(CCC(N)=O)C(=O)O. The van der Waals surface area contributed by atoms with E-state index >= 15 is 0 Å². The third-order valence-electron chi connectivity index (χ3n) is 6.02. The summed E-state index contributed by atoms with van der Waals surface area (Å²) < 4.78 is 0. The molecule has 0 aliphatic carbocycles. The Labute approximate surface area is 215 Å². The van der Waals surface area contributed by atoms with Gasteiger partial charge in [-0.15, -0.1) is 0 Å². The Morgan fingerprint density at radius 1 is 1.00 bits per heavy atom. The molecule has 4 amide bonds. The second-order valence-electron chi connectivity index (χ2n) is 9.68. The molecule has 1 aromatic carbocycles. The number of nitrogens with one attached hydrogen (secondary N) is 4. The molecular formula is C25H37N5O7. The van der Waals surface area contributed by atoms with E-state index in [0.717, 1.165) is 6.42 Å². The summed E-state index contributed by atoms with van der Waals surface area (Å²) in [6.45, 7) is 4.38. The highest BCUT2D eigenvalue weighted by molar-refractivity contribution is 5.94. The van der Waals surface area contributed by atoms with E-state index in [0.29, 0.717) is 18.5 Å². The molecule has 0 aromatic heterocycles. The number of hydrogen-bond acceptors (Lipinski definition) is 7. The van der Waals surface area contributed by atoms with E-state index in [1.54, 1.807) is 12.1 Å². The first-order valence-corrected chi connectivity index (χ1v) is 12.4. The standard InChI is InChI=1S/C25H37N5O7/c1-14(2)12-19(23(34)28-18(25(36)37)9-10-21(26)32)29-24(35)20(13-15-5-7-16(31)8-6-15)30-22(33)17-4-3-11-27-17/h5-8,14,17-20,27,31H,3-4,9-13H2,1-2H3,(H2,26,32)(H,28,34)(H,29,35)(H,30,33)(H,36,37). The van der Waals surface area contributed by atoms with Crippen LogP contribution in [0.25, 0.3) is 0 Å². The van der Waals surface area contributed by atoms with E-state index in [9.17, 15) is 34.2 Å². The Morgan fingerprint density at radius 2 is 1.62 bits per heavy atom. The van der Waals surface area contributed by atoms with Gasteiger partial charge >= 0.3 is 5.97 Å². The lowest BCUT2D eigenvalue weighted by atomic mass is 10.00. The van der Waals surface area contributed by atoms with E-state index in [1.165, 1.54) is 12.1 Å². The summed E-state index contributed by atoms with van der Waals surface area (Å²) in [6, 6.07) is 2.32. The van der Waals surface area contributed by atoms with Crippen molar-refractivity contribution in [2.75, 3.05) is 6.54 Å². The summed E-state index contributed by atoms with van der Waals surface area (Å²) in [4.78, 5) is 61.8. The van der Waals surface area contributed by atoms with Gasteiger partial charge in [-0.05, 0) is 55.8 Å². The van der Waals surface area contributed by atoms with Crippen LogP contribution in [0.15, 0.2) is 24.3 Å². The third kappa shape index (κ3) is 10.1. The van der Waals surface area contributed by atoms with Crippen molar-refractivity contribution in [3.63, 3.8) is 0 Å². The van der Waals surface area contributed by atoms with E-state index in [1.807, 2.05) is 13.8 Å². The molecule has 0 spiro atoms. The molecule has 1 aliphatic rings. The molecule has 0 radical (unpaired) electrons. The fraction of sp³-hybridized carbons (Fsp3) is 0.560. The van der Waals surface area contributed by atoms with Crippen LogP contribution in [-0.4, -0.2) is 70.5 Å². The Balaban J connectivity index is 2.19. The number of carbonyl (C=O) groups excluding carboxylic acids is 4. The first-order valence-electron chi connectivity index (χ1n) is 12.4. The van der Waals surface area contributed by atoms with E-state index in [4.69, 9.17) is 5.73 Å². The van der Waals surface area contributed by atoms with Crippen LogP contribution in [0, 0.1) is 5.92 Å². The van der Waals surface area contributed by atoms with Gasteiger partial charge in [0.2, 0.25) is 23.6 Å². The van der Waals surface area contributed by atoms with Crippen LogP contribution in [0.5, 0.6) is 5.75 Å². The number of rotatable bonds is 14. The highest BCUT2D eigenvalue weighted by Gasteiger charge is 2.32. The van der Waals surface area contributed by atoms with Crippen LogP contribution in [0.3, 0.4) is 0 Å². The Hall–Kier alpha value is -3.67. The second-order valence-corrected chi connectivity index (χ2v) is 9.68. The number of hydrogen-bond donors (Lipinski definition) is 7. The van der Waals surface area contributed by atoms with Crippen molar-refractivity contribution < 1.29 is 34.2 Å². The lowest BCUT2D eigenvalue weighted by molar-refractivity contribution is -0.142. The number of amides is 4. The van der Waals surface area contributed by atoms with Gasteiger partial charge in [-0.25, -0.2) is 4.79 Å². The number of phenols is 1. The van der Waals surface area contributed by atoms with Crippen molar-refractivity contribution in [3.05, 3.63) is 29.8 Å². The second kappa shape index (κ2) is 14.2. The predicted octanol–water partition coefficient (Wildman–Crippen LogP) is -0.463. The third-order valence-corrected chi connectivity index (χ3v) is 6.02. The van der Waals surface area contributed by atoms with Gasteiger partial charge < -0.3 is 37.2 Å². The normalized spacial score (nSPS) is 17.4. The first-order chi connectivity index (χ1) is 17.5. The number of carboxylic acid groups (broad SMARTS) is 1. The Kier molecular flexibility index (Phi) is 11.3. The maximum Gasteiger partial charge on any atom is 0.326 e. The molecule has 37 heavy (non-hydrogen) atoms. The van der Waals surface area contributed by atoms with Crippen LogP contribution in [0.4, 0.5) is 0 Å². The average Bonchev–Trinajstić information content (AvgIpc) is 3.36. The number of carboxylic acids is 1. The summed E-state index contributed by atoms with van der Waals surface area (Å²) in [7, 11) is 0. The lowest BCUT2D eigenvalue weighted by Gasteiger charge is -2.26. The number of aromatic hydroxyl groups is 1. The van der Waals surface area contributed by atoms with Crippen molar-refractivity contribution in [1.29, 1.82) is 0 Å². The Morgan fingerprint density at radius 3 is 2.16 bits per heavy atom. The zero-order valence-electron chi connectivity index (χ0n) is 21.2. The average molecular weight is 520 g/mol. The van der Waals surface area contributed by atoms with Gasteiger partial charge in [0.25, 0.3) is 0 Å². The van der Waals surface area contributed by atoms with Crippen LogP contribution >= 0.6 is 0 Å². The number of carbonyl (C=O) groups is 5. The highest BCUT2D eigenvalue weighted by Crippen LogP contribution is 2.13. The molecule has 1 fully saturated rings. The first kappa shape index (κ1) is 29.6. The summed E-state index contributed by atoms with van der Waals surface area (Å²) >= 11 is 0. The minimum Gasteiger partial charge on any atom is -0.508 e. The topological polar surface area (TPSA) is 200 Å². The molecule has 4 unspecified atom stereocenters. The maximum atomic E-state index is 13.3. The van der Waals surface area contributed by atoms with Crippen LogP contribution in [0.1, 0.15) is 51.5 Å². The van der Waals surface area contributed by atoms with Gasteiger partial charge in [0.15, 0.2) is 0 Å². The smallest absolute Gasteiger partial charge is 0.326 e. The van der Waals surface area contributed by atoms with Gasteiger partial charge in [-0.2, -0.15) is 0 Å². The van der Waals surface area contributed by atoms with Crippen LogP contribution in [-0.2, 0) is 30.4 Å². The van der Waals surface area contributed by atoms with Crippen molar-refractivity contribution in [3.8, 4) is 5.75 Å². The minimum absolute atomic E-state index is 0.0298. The summed E-state index contributed by atoms with van der Waals surface area (Å²) in [5, 5.41) is 29.9. The largest absolute Gasteiger partial charge is 0.508 e. The van der Waals surface area contributed by atoms with Gasteiger partial charge in [0.1, 0.15) is 23.9 Å². The molecule has 0 saturated carbocycles. The lowest BCUT2D eigenvalue weighted by Crippen LogP contribution is -2.57. The molecule has 0 bridgehead atoms. The quantitative estimate of drug-likeness (QED) is 0.171. The molecule has 1 saturated heterocycles. The van der Waals surface area contributed by atoms with Gasteiger partial charge in [0.05, 0.1) is 6.04 Å². The molecule has 8 N–H and O–H groups in total. The molecule has 1 aliphatic heterocycles. The number of nitrogens with two attached hydrogens (primary N) is 1. The molecule has 12 nitrogen and oxygen atoms in total. The number of primary amides is 1. The molecule has 2 rings (SSSR count). The van der Waals surface area contributed by atoms with E-state index in [2.05, 4.69) is 21.3 Å². The highest BCUT2D eigenvalue weighted by atomic mass is 16.4. The van der Waals surface area contributed by atoms with Gasteiger partial charge in [-0.3, -0.25) is 19.2 Å². The summed E-state index contributed by atoms with van der Waals surface area (Å²) in [5.74, 6) is -3.66. The van der Waals surface area contributed by atoms with E-state index < -0.39 is 47.9 Å². The van der Waals surface area contributed by atoms with Gasteiger partial charge in [0, 0.05) is 12.8 Å². The maximum absolute atomic E-state index is 13.3. The summed E-state index contributed by atoms with van der Waals surface area (Å²) in [6.07, 6.45) is 1.38. The molecule has 204 valence electrons. The fourth-order valence-electron chi connectivity index (χ4n) is 4.05. The number of aliphatic carboxylic acids is 1. The van der Waals surface area contributed by atoms with Crippen LogP contribution in [0.2, 0.25) is 0 Å². The molecule has 12 heteroatoms. The fourth-order valence-corrected chi connectivity index (χ4v) is 4.05. The van der Waals surface area contributed by atoms with Crippen molar-refractivity contribution >= 4 is 29.6 Å². The van der Waals surface area contributed by atoms with Gasteiger partial charge in [-0.1, -0.05) is 26.0 Å². The molecular weight excluding hydrogens is 482 g/mol. The van der Waals surface area contributed by atoms with Crippen LogP contribution < -0.4 is 27.0 Å². The zero-order chi connectivity index (χ0) is 27.5. The molecule has 1 aromatic rings. The molecule has 1 heterocycles. The van der Waals surface area contributed by atoms with Crippen molar-refractivity contribution in [1.82, 2.24) is 21.3 Å². The molecule has 4 atom stereocenters. The van der Waals surface area contributed by atoms with Crippen molar-refractivity contribution in [2.45, 2.75) is 76.5 Å². The Bertz CT molecular complexity index is 961. The number of benzene rings is 1. The number of phenolic OH excluding ortho intramolecular Hbond substituents is 1. The monoisotopic (exact) mass is 519 g/mol. The predicted molar refractivity (Wildman–Crippen MR) is 134 cm³/mol. The zero-order valence-corrected chi connectivity index (χ0v) is 21.2. The van der Waals surface area contributed by atoms with E-state index in [-0.39, 0.29) is 43.3 Å².